The maximum atomic E-state index is 11.6. The molecule has 1 aromatic rings. The van der Waals surface area contributed by atoms with Crippen LogP contribution in [-0.4, -0.2) is 18.5 Å². The fourth-order valence-electron chi connectivity index (χ4n) is 1.86. The van der Waals surface area contributed by atoms with Gasteiger partial charge < -0.3 is 11.1 Å². The molecule has 0 spiro atoms. The van der Waals surface area contributed by atoms with Gasteiger partial charge in [0.2, 0.25) is 5.91 Å². The molecule has 3 unspecified atom stereocenters. The summed E-state index contributed by atoms with van der Waals surface area (Å²) in [5.41, 5.74) is 6.77. The molecule has 3 atom stereocenters. The van der Waals surface area contributed by atoms with Gasteiger partial charge in [0.1, 0.15) is 0 Å². The smallest absolute Gasteiger partial charge is 0.224 e. The molecule has 0 radical (unpaired) electrons. The Hall–Kier alpha value is -1.06. The normalized spacial score (nSPS) is 23.4. The summed E-state index contributed by atoms with van der Waals surface area (Å²) in [6.07, 6.45) is 1.05. The van der Waals surface area contributed by atoms with Gasteiger partial charge in [-0.3, -0.25) is 4.79 Å². The fourth-order valence-corrected chi connectivity index (χ4v) is 1.86. The van der Waals surface area contributed by atoms with Crippen LogP contribution in [0.15, 0.2) is 30.3 Å². The molecule has 1 saturated carbocycles. The second-order valence-electron chi connectivity index (χ2n) is 4.50. The first-order chi connectivity index (χ1) is 7.72. The molecule has 1 aliphatic carbocycles. The Morgan fingerprint density at radius 3 is 2.71 bits per heavy atom. The third-order valence-electron chi connectivity index (χ3n) is 3.15. The quantitative estimate of drug-likeness (QED) is 0.859. The molecule has 2 rings (SSSR count). The number of rotatable bonds is 4. The summed E-state index contributed by atoms with van der Waals surface area (Å²) in [6, 6.07) is 10.6. The second kappa shape index (κ2) is 6.03. The third-order valence-corrected chi connectivity index (χ3v) is 3.15. The van der Waals surface area contributed by atoms with Gasteiger partial charge in [0, 0.05) is 24.4 Å². The zero-order valence-corrected chi connectivity index (χ0v) is 10.7. The summed E-state index contributed by atoms with van der Waals surface area (Å²) >= 11 is 0. The molecule has 17 heavy (non-hydrogen) atoms. The molecule has 94 valence electrons. The second-order valence-corrected chi connectivity index (χ2v) is 4.50. The van der Waals surface area contributed by atoms with Gasteiger partial charge in [0.05, 0.1) is 0 Å². The van der Waals surface area contributed by atoms with E-state index in [1.54, 1.807) is 0 Å². The summed E-state index contributed by atoms with van der Waals surface area (Å²) in [5, 5.41) is 3.03. The van der Waals surface area contributed by atoms with E-state index in [0.29, 0.717) is 18.5 Å². The molecule has 0 aromatic heterocycles. The number of hydrogen-bond acceptors (Lipinski definition) is 2. The SMILES string of the molecule is CC(CN)C(=O)NC1CC1c1ccccc1.Cl. The first kappa shape index (κ1) is 14.0. The molecule has 1 amide bonds. The molecular formula is C13H19ClN2O. The zero-order chi connectivity index (χ0) is 11.5. The molecule has 0 heterocycles. The van der Waals surface area contributed by atoms with Crippen LogP contribution in [0.3, 0.4) is 0 Å². The van der Waals surface area contributed by atoms with E-state index in [4.69, 9.17) is 5.73 Å². The van der Waals surface area contributed by atoms with Crippen LogP contribution < -0.4 is 11.1 Å². The largest absolute Gasteiger partial charge is 0.352 e. The van der Waals surface area contributed by atoms with Crippen LogP contribution in [0.25, 0.3) is 0 Å². The minimum absolute atomic E-state index is 0. The van der Waals surface area contributed by atoms with Crippen LogP contribution in [0.1, 0.15) is 24.8 Å². The van der Waals surface area contributed by atoms with Crippen molar-refractivity contribution in [2.75, 3.05) is 6.54 Å². The van der Waals surface area contributed by atoms with Gasteiger partial charge in [-0.15, -0.1) is 12.4 Å². The number of nitrogens with two attached hydrogens (primary N) is 1. The van der Waals surface area contributed by atoms with Crippen molar-refractivity contribution in [3.8, 4) is 0 Å². The number of nitrogens with one attached hydrogen (secondary N) is 1. The average molecular weight is 255 g/mol. The van der Waals surface area contributed by atoms with Crippen LogP contribution >= 0.6 is 12.4 Å². The third kappa shape index (κ3) is 3.45. The van der Waals surface area contributed by atoms with Crippen molar-refractivity contribution in [3.05, 3.63) is 35.9 Å². The molecule has 0 aliphatic heterocycles. The standard InChI is InChI=1S/C13H18N2O.ClH/c1-9(8-14)13(16)15-12-7-11(12)10-5-3-2-4-6-10;/h2-6,9,11-12H,7-8,14H2,1H3,(H,15,16);1H. The van der Waals surface area contributed by atoms with Gasteiger partial charge in [-0.25, -0.2) is 0 Å². The van der Waals surface area contributed by atoms with Crippen LogP contribution in [0, 0.1) is 5.92 Å². The van der Waals surface area contributed by atoms with Crippen LogP contribution in [0.5, 0.6) is 0 Å². The Bertz CT molecular complexity index is 369. The lowest BCUT2D eigenvalue weighted by Gasteiger charge is -2.09. The topological polar surface area (TPSA) is 55.1 Å². The predicted octanol–water partition coefficient (Wildman–Crippen LogP) is 1.68. The van der Waals surface area contributed by atoms with Crippen molar-refractivity contribution in [1.82, 2.24) is 5.32 Å². The van der Waals surface area contributed by atoms with Crippen LogP contribution in [-0.2, 0) is 4.79 Å². The lowest BCUT2D eigenvalue weighted by atomic mass is 10.1. The van der Waals surface area contributed by atoms with Crippen LogP contribution in [0.4, 0.5) is 0 Å². The Kier molecular flexibility index (Phi) is 4.97. The summed E-state index contributed by atoms with van der Waals surface area (Å²) in [5.74, 6) is 0.484. The number of carbonyl (C=O) groups is 1. The van der Waals surface area contributed by atoms with E-state index >= 15 is 0 Å². The summed E-state index contributed by atoms with van der Waals surface area (Å²) < 4.78 is 0. The maximum Gasteiger partial charge on any atom is 0.224 e. The highest BCUT2D eigenvalue weighted by molar-refractivity contribution is 5.85. The van der Waals surface area contributed by atoms with E-state index in [2.05, 4.69) is 17.4 Å². The van der Waals surface area contributed by atoms with Crippen molar-refractivity contribution < 1.29 is 4.79 Å². The molecule has 3 N–H and O–H groups in total. The number of halogens is 1. The summed E-state index contributed by atoms with van der Waals surface area (Å²) in [4.78, 5) is 11.6. The van der Waals surface area contributed by atoms with Gasteiger partial charge in [0.25, 0.3) is 0 Å². The summed E-state index contributed by atoms with van der Waals surface area (Å²) in [6.45, 7) is 2.27. The van der Waals surface area contributed by atoms with E-state index < -0.39 is 0 Å². The highest BCUT2D eigenvalue weighted by atomic mass is 35.5. The minimum Gasteiger partial charge on any atom is -0.352 e. The Balaban J connectivity index is 0.00000144. The Morgan fingerprint density at radius 2 is 2.12 bits per heavy atom. The molecule has 1 aromatic carbocycles. The number of benzene rings is 1. The zero-order valence-electron chi connectivity index (χ0n) is 9.93. The molecular weight excluding hydrogens is 236 g/mol. The van der Waals surface area contributed by atoms with Crippen LogP contribution in [0.2, 0.25) is 0 Å². The van der Waals surface area contributed by atoms with Gasteiger partial charge in [-0.05, 0) is 12.0 Å². The fraction of sp³-hybridized carbons (Fsp3) is 0.462. The van der Waals surface area contributed by atoms with E-state index in [9.17, 15) is 4.79 Å². The monoisotopic (exact) mass is 254 g/mol. The maximum absolute atomic E-state index is 11.6. The van der Waals surface area contributed by atoms with Gasteiger partial charge in [0.15, 0.2) is 0 Å². The van der Waals surface area contributed by atoms with Crippen molar-refractivity contribution in [2.45, 2.75) is 25.3 Å². The van der Waals surface area contributed by atoms with E-state index in [-0.39, 0.29) is 24.2 Å². The number of amides is 1. The molecule has 3 nitrogen and oxygen atoms in total. The van der Waals surface area contributed by atoms with E-state index in [1.807, 2.05) is 25.1 Å². The lowest BCUT2D eigenvalue weighted by molar-refractivity contribution is -0.124. The first-order valence-electron chi connectivity index (χ1n) is 5.77. The predicted molar refractivity (Wildman–Crippen MR) is 71.2 cm³/mol. The van der Waals surface area contributed by atoms with Crippen molar-refractivity contribution in [3.63, 3.8) is 0 Å². The molecule has 0 saturated heterocycles. The Morgan fingerprint density at radius 1 is 1.47 bits per heavy atom. The first-order valence-corrected chi connectivity index (χ1v) is 5.77. The van der Waals surface area contributed by atoms with Gasteiger partial charge in [-0.2, -0.15) is 0 Å². The minimum atomic E-state index is -0.0861. The van der Waals surface area contributed by atoms with E-state index in [1.165, 1.54) is 5.56 Å². The lowest BCUT2D eigenvalue weighted by Crippen LogP contribution is -2.35. The van der Waals surface area contributed by atoms with Crippen molar-refractivity contribution in [1.29, 1.82) is 0 Å². The highest BCUT2D eigenvalue weighted by Crippen LogP contribution is 2.40. The highest BCUT2D eigenvalue weighted by Gasteiger charge is 2.39. The molecule has 1 aliphatic rings. The molecule has 4 heteroatoms. The number of hydrogen-bond donors (Lipinski definition) is 2. The summed E-state index contributed by atoms with van der Waals surface area (Å²) in [7, 11) is 0. The average Bonchev–Trinajstić information content (AvgIpc) is 3.08. The van der Waals surface area contributed by atoms with Gasteiger partial charge >= 0.3 is 0 Å². The number of carbonyl (C=O) groups excluding carboxylic acids is 1. The Labute approximate surface area is 108 Å². The van der Waals surface area contributed by atoms with Gasteiger partial charge in [-0.1, -0.05) is 37.3 Å². The van der Waals surface area contributed by atoms with Crippen molar-refractivity contribution >= 4 is 18.3 Å². The van der Waals surface area contributed by atoms with Crippen molar-refractivity contribution in [2.24, 2.45) is 11.7 Å². The van der Waals surface area contributed by atoms with E-state index in [0.717, 1.165) is 6.42 Å². The molecule has 0 bridgehead atoms. The molecule has 1 fully saturated rings.